The van der Waals surface area contributed by atoms with Gasteiger partial charge in [-0.1, -0.05) is 24.6 Å². The van der Waals surface area contributed by atoms with Crippen molar-refractivity contribution in [2.45, 2.75) is 18.9 Å². The number of hydrogen-bond acceptors (Lipinski definition) is 2. The summed E-state index contributed by atoms with van der Waals surface area (Å²) in [5, 5.41) is 10.4. The van der Waals surface area contributed by atoms with Crippen LogP contribution in [0.4, 0.5) is 0 Å². The van der Waals surface area contributed by atoms with E-state index in [1.165, 1.54) is 0 Å². The number of carbonyl (C=O) groups excluding carboxylic acids is 1. The van der Waals surface area contributed by atoms with E-state index in [0.29, 0.717) is 30.1 Å². The Bertz CT molecular complexity index is 413. The maximum atomic E-state index is 11.9. The average molecular weight is 240 g/mol. The second kappa shape index (κ2) is 4.07. The van der Waals surface area contributed by atoms with Crippen LogP contribution in [0.5, 0.6) is 0 Å². The molecule has 1 aromatic rings. The minimum atomic E-state index is -0.686. The SMILES string of the molecule is CCC1(O)CN(C(=O)c2cccc(Cl)c2)C1. The number of hydrogen-bond donors (Lipinski definition) is 1. The molecule has 1 amide bonds. The van der Waals surface area contributed by atoms with Crippen LogP contribution in [0.15, 0.2) is 24.3 Å². The van der Waals surface area contributed by atoms with Crippen LogP contribution in [-0.2, 0) is 0 Å². The van der Waals surface area contributed by atoms with Gasteiger partial charge in [-0.2, -0.15) is 0 Å². The van der Waals surface area contributed by atoms with Crippen LogP contribution in [0.1, 0.15) is 23.7 Å². The monoisotopic (exact) mass is 239 g/mol. The number of benzene rings is 1. The summed E-state index contributed by atoms with van der Waals surface area (Å²) in [6.07, 6.45) is 0.673. The Labute approximate surface area is 99.6 Å². The summed E-state index contributed by atoms with van der Waals surface area (Å²) < 4.78 is 0. The van der Waals surface area contributed by atoms with Gasteiger partial charge in [0.25, 0.3) is 5.91 Å². The van der Waals surface area contributed by atoms with Gasteiger partial charge in [0, 0.05) is 10.6 Å². The van der Waals surface area contributed by atoms with Gasteiger partial charge >= 0.3 is 0 Å². The number of amides is 1. The zero-order valence-corrected chi connectivity index (χ0v) is 9.87. The summed E-state index contributed by atoms with van der Waals surface area (Å²) >= 11 is 5.82. The Morgan fingerprint density at radius 3 is 2.81 bits per heavy atom. The van der Waals surface area contributed by atoms with E-state index < -0.39 is 5.60 Å². The molecule has 1 aliphatic heterocycles. The van der Waals surface area contributed by atoms with Crippen LogP contribution < -0.4 is 0 Å². The fraction of sp³-hybridized carbons (Fsp3) is 0.417. The molecule has 0 aliphatic carbocycles. The zero-order chi connectivity index (χ0) is 11.8. The van der Waals surface area contributed by atoms with Gasteiger partial charge in [0.05, 0.1) is 18.7 Å². The molecule has 0 saturated carbocycles. The van der Waals surface area contributed by atoms with Gasteiger partial charge in [-0.3, -0.25) is 4.79 Å². The molecule has 4 heteroatoms. The number of aliphatic hydroxyl groups is 1. The molecule has 0 bridgehead atoms. The van der Waals surface area contributed by atoms with Gasteiger partial charge in [-0.25, -0.2) is 0 Å². The van der Waals surface area contributed by atoms with Crippen molar-refractivity contribution in [1.29, 1.82) is 0 Å². The van der Waals surface area contributed by atoms with E-state index in [2.05, 4.69) is 0 Å². The summed E-state index contributed by atoms with van der Waals surface area (Å²) in [5.74, 6) is -0.0689. The molecule has 3 nitrogen and oxygen atoms in total. The Morgan fingerprint density at radius 2 is 2.25 bits per heavy atom. The van der Waals surface area contributed by atoms with Crippen LogP contribution >= 0.6 is 11.6 Å². The van der Waals surface area contributed by atoms with Gasteiger partial charge in [0.1, 0.15) is 0 Å². The molecule has 1 saturated heterocycles. The molecule has 1 N–H and O–H groups in total. The van der Waals surface area contributed by atoms with Gasteiger partial charge in [-0.05, 0) is 24.6 Å². The van der Waals surface area contributed by atoms with E-state index in [0.717, 1.165) is 0 Å². The number of likely N-dealkylation sites (tertiary alicyclic amines) is 1. The Kier molecular flexibility index (Phi) is 2.91. The third-order valence-electron chi connectivity index (χ3n) is 2.99. The van der Waals surface area contributed by atoms with Gasteiger partial charge < -0.3 is 10.0 Å². The summed E-state index contributed by atoms with van der Waals surface area (Å²) in [6, 6.07) is 6.86. The fourth-order valence-corrected chi connectivity index (χ4v) is 2.03. The first kappa shape index (κ1) is 11.4. The molecule has 2 rings (SSSR count). The maximum absolute atomic E-state index is 11.9. The van der Waals surface area contributed by atoms with Crippen LogP contribution in [0.3, 0.4) is 0 Å². The number of halogens is 1. The van der Waals surface area contributed by atoms with Crippen molar-refractivity contribution in [2.24, 2.45) is 0 Å². The van der Waals surface area contributed by atoms with Crippen LogP contribution in [0.25, 0.3) is 0 Å². The highest BCUT2D eigenvalue weighted by atomic mass is 35.5. The molecule has 1 aliphatic rings. The fourth-order valence-electron chi connectivity index (χ4n) is 1.84. The number of nitrogens with zero attached hydrogens (tertiary/aromatic N) is 1. The maximum Gasteiger partial charge on any atom is 0.254 e. The van der Waals surface area contributed by atoms with Crippen LogP contribution in [0.2, 0.25) is 5.02 Å². The topological polar surface area (TPSA) is 40.5 Å². The second-order valence-electron chi connectivity index (χ2n) is 4.25. The number of β-amino-alcohol motifs (C(OH)–C–C–N with tert-alkyl or cyclic N) is 1. The van der Waals surface area contributed by atoms with E-state index in [-0.39, 0.29) is 5.91 Å². The van der Waals surface area contributed by atoms with Gasteiger partial charge in [-0.15, -0.1) is 0 Å². The molecule has 86 valence electrons. The van der Waals surface area contributed by atoms with Crippen molar-refractivity contribution >= 4 is 17.5 Å². The van der Waals surface area contributed by atoms with E-state index in [4.69, 9.17) is 11.6 Å². The molecule has 0 atom stereocenters. The van der Waals surface area contributed by atoms with E-state index in [9.17, 15) is 9.90 Å². The largest absolute Gasteiger partial charge is 0.386 e. The lowest BCUT2D eigenvalue weighted by Crippen LogP contribution is -2.63. The van der Waals surface area contributed by atoms with Gasteiger partial charge in [0.15, 0.2) is 0 Å². The lowest BCUT2D eigenvalue weighted by atomic mass is 9.90. The van der Waals surface area contributed by atoms with Crippen molar-refractivity contribution in [1.82, 2.24) is 4.90 Å². The lowest BCUT2D eigenvalue weighted by Gasteiger charge is -2.46. The van der Waals surface area contributed by atoms with Crippen molar-refractivity contribution in [3.8, 4) is 0 Å². The summed E-state index contributed by atoms with van der Waals surface area (Å²) in [7, 11) is 0. The van der Waals surface area contributed by atoms with Gasteiger partial charge in [0.2, 0.25) is 0 Å². The molecular formula is C12H14ClNO2. The third-order valence-corrected chi connectivity index (χ3v) is 3.22. The average Bonchev–Trinajstić information content (AvgIpc) is 2.24. The first-order valence-electron chi connectivity index (χ1n) is 5.31. The molecule has 0 radical (unpaired) electrons. The van der Waals surface area contributed by atoms with E-state index >= 15 is 0 Å². The molecule has 16 heavy (non-hydrogen) atoms. The molecule has 1 heterocycles. The molecule has 1 fully saturated rings. The highest BCUT2D eigenvalue weighted by Gasteiger charge is 2.42. The normalized spacial score (nSPS) is 18.1. The first-order valence-corrected chi connectivity index (χ1v) is 5.69. The van der Waals surface area contributed by atoms with Crippen molar-refractivity contribution in [3.05, 3.63) is 34.9 Å². The number of rotatable bonds is 2. The first-order chi connectivity index (χ1) is 7.54. The Morgan fingerprint density at radius 1 is 1.56 bits per heavy atom. The van der Waals surface area contributed by atoms with Crippen molar-refractivity contribution in [2.75, 3.05) is 13.1 Å². The quantitative estimate of drug-likeness (QED) is 0.857. The third kappa shape index (κ3) is 2.06. The minimum Gasteiger partial charge on any atom is -0.386 e. The molecule has 1 aromatic carbocycles. The highest BCUT2D eigenvalue weighted by Crippen LogP contribution is 2.26. The van der Waals surface area contributed by atoms with Crippen molar-refractivity contribution < 1.29 is 9.90 Å². The molecule has 0 unspecified atom stereocenters. The van der Waals surface area contributed by atoms with Crippen LogP contribution in [-0.4, -0.2) is 34.6 Å². The standard InChI is InChI=1S/C12H14ClNO2/c1-2-12(16)7-14(8-12)11(15)9-4-3-5-10(13)6-9/h3-6,16H,2,7-8H2,1H3. The molecule has 0 spiro atoms. The highest BCUT2D eigenvalue weighted by molar-refractivity contribution is 6.30. The van der Waals surface area contributed by atoms with Crippen LogP contribution in [0, 0.1) is 0 Å². The molecular weight excluding hydrogens is 226 g/mol. The minimum absolute atomic E-state index is 0.0689. The Balaban J connectivity index is 2.06. The summed E-state index contributed by atoms with van der Waals surface area (Å²) in [6.45, 7) is 2.74. The second-order valence-corrected chi connectivity index (χ2v) is 4.69. The predicted molar refractivity (Wildman–Crippen MR) is 62.6 cm³/mol. The lowest BCUT2D eigenvalue weighted by molar-refractivity contribution is -0.0826. The van der Waals surface area contributed by atoms with Crippen molar-refractivity contribution in [3.63, 3.8) is 0 Å². The molecule has 0 aromatic heterocycles. The predicted octanol–water partition coefficient (Wildman–Crippen LogP) is 1.94. The number of carbonyl (C=O) groups is 1. The van der Waals surface area contributed by atoms with E-state index in [1.54, 1.807) is 29.2 Å². The zero-order valence-electron chi connectivity index (χ0n) is 9.11. The summed E-state index contributed by atoms with van der Waals surface area (Å²) in [4.78, 5) is 13.6. The summed E-state index contributed by atoms with van der Waals surface area (Å²) in [5.41, 5.74) is -0.112. The Hall–Kier alpha value is -1.06. The van der Waals surface area contributed by atoms with E-state index in [1.807, 2.05) is 6.92 Å². The smallest absolute Gasteiger partial charge is 0.254 e.